The van der Waals surface area contributed by atoms with E-state index in [9.17, 15) is 0 Å². The lowest BCUT2D eigenvalue weighted by Crippen LogP contribution is -2.31. The number of nitrogens with zero attached hydrogens (tertiary/aromatic N) is 4. The lowest BCUT2D eigenvalue weighted by atomic mass is 9.91. The Balaban J connectivity index is 1.81. The molecular weight excluding hydrogens is 238 g/mol. The smallest absolute Gasteiger partial charge is 0.0953 e. The minimum atomic E-state index is 0.572. The molecule has 1 fully saturated rings. The van der Waals surface area contributed by atoms with Crippen molar-refractivity contribution in [2.24, 2.45) is 7.05 Å². The summed E-state index contributed by atoms with van der Waals surface area (Å²) in [6, 6.07) is 1.25. The van der Waals surface area contributed by atoms with Gasteiger partial charge >= 0.3 is 0 Å². The van der Waals surface area contributed by atoms with Gasteiger partial charge < -0.3 is 9.88 Å². The highest BCUT2D eigenvalue weighted by Crippen LogP contribution is 2.32. The largest absolute Gasteiger partial charge is 0.327 e. The number of aromatic nitrogens is 4. The zero-order valence-electron chi connectivity index (χ0n) is 11.6. The van der Waals surface area contributed by atoms with Gasteiger partial charge in [0.2, 0.25) is 0 Å². The third-order valence-corrected chi connectivity index (χ3v) is 4.17. The van der Waals surface area contributed by atoms with Crippen molar-refractivity contribution >= 4 is 0 Å². The molecule has 5 heteroatoms. The third-order valence-electron chi connectivity index (χ3n) is 4.17. The van der Waals surface area contributed by atoms with Crippen LogP contribution in [0.5, 0.6) is 0 Å². The number of rotatable bonds is 3. The van der Waals surface area contributed by atoms with Gasteiger partial charge in [-0.3, -0.25) is 4.68 Å². The highest BCUT2D eigenvalue weighted by atomic mass is 15.2. The fraction of sp³-hybridized carbons (Fsp3) is 0.571. The lowest BCUT2D eigenvalue weighted by molar-refractivity contribution is 0.302. The van der Waals surface area contributed by atoms with Gasteiger partial charge in [-0.25, -0.2) is 4.98 Å². The molecule has 0 bridgehead atoms. The molecule has 0 aromatic carbocycles. The highest BCUT2D eigenvalue weighted by molar-refractivity contribution is 5.56. The maximum absolute atomic E-state index is 4.33. The summed E-state index contributed by atoms with van der Waals surface area (Å²) in [6.07, 6.45) is 12.8. The van der Waals surface area contributed by atoms with Crippen LogP contribution in [-0.4, -0.2) is 32.4 Å². The molecular formula is C14H21N5. The number of imidazole rings is 1. The van der Waals surface area contributed by atoms with Gasteiger partial charge in [-0.1, -0.05) is 0 Å². The van der Waals surface area contributed by atoms with Crippen LogP contribution in [0.1, 0.15) is 31.7 Å². The number of hydrogen-bond acceptors (Lipinski definition) is 3. The first-order valence-corrected chi connectivity index (χ1v) is 6.96. The summed E-state index contributed by atoms with van der Waals surface area (Å²) in [7, 11) is 4.01. The van der Waals surface area contributed by atoms with Gasteiger partial charge in [-0.05, 0) is 32.7 Å². The van der Waals surface area contributed by atoms with E-state index in [0.717, 1.165) is 5.56 Å². The molecule has 0 aliphatic heterocycles. The van der Waals surface area contributed by atoms with Crippen molar-refractivity contribution < 1.29 is 0 Å². The Morgan fingerprint density at radius 2 is 2.00 bits per heavy atom. The molecule has 2 aromatic heterocycles. The summed E-state index contributed by atoms with van der Waals surface area (Å²) >= 11 is 0. The molecule has 1 N–H and O–H groups in total. The van der Waals surface area contributed by atoms with Gasteiger partial charge in [-0.15, -0.1) is 0 Å². The third kappa shape index (κ3) is 2.42. The Labute approximate surface area is 113 Å². The first-order valence-electron chi connectivity index (χ1n) is 6.96. The van der Waals surface area contributed by atoms with E-state index in [2.05, 4.69) is 27.0 Å². The molecule has 19 heavy (non-hydrogen) atoms. The molecule has 102 valence electrons. The maximum atomic E-state index is 4.33. The molecule has 1 saturated carbocycles. The molecule has 2 aromatic rings. The van der Waals surface area contributed by atoms with Crippen LogP contribution in [0.3, 0.4) is 0 Å². The molecule has 0 radical (unpaired) electrons. The van der Waals surface area contributed by atoms with Gasteiger partial charge in [0.1, 0.15) is 0 Å². The summed E-state index contributed by atoms with van der Waals surface area (Å²) in [5, 5.41) is 7.63. The summed E-state index contributed by atoms with van der Waals surface area (Å²) < 4.78 is 4.16. The first-order chi connectivity index (χ1) is 9.28. The van der Waals surface area contributed by atoms with Crippen molar-refractivity contribution in [1.82, 2.24) is 24.6 Å². The lowest BCUT2D eigenvalue weighted by Gasteiger charge is -2.30. The Hall–Kier alpha value is -1.62. The molecule has 0 unspecified atom stereocenters. The average molecular weight is 259 g/mol. The fourth-order valence-corrected chi connectivity index (χ4v) is 3.02. The van der Waals surface area contributed by atoms with E-state index in [1.165, 1.54) is 31.4 Å². The van der Waals surface area contributed by atoms with E-state index < -0.39 is 0 Å². The van der Waals surface area contributed by atoms with E-state index >= 15 is 0 Å². The molecule has 1 aliphatic carbocycles. The molecule has 0 atom stereocenters. The van der Waals surface area contributed by atoms with Crippen LogP contribution in [0.15, 0.2) is 24.9 Å². The van der Waals surface area contributed by atoms with Crippen molar-refractivity contribution in [3.8, 4) is 11.3 Å². The second kappa shape index (κ2) is 5.17. The molecule has 5 nitrogen and oxygen atoms in total. The molecule has 2 heterocycles. The summed E-state index contributed by atoms with van der Waals surface area (Å²) in [6.45, 7) is 0. The van der Waals surface area contributed by atoms with Gasteiger partial charge in [-0.2, -0.15) is 5.10 Å². The topological polar surface area (TPSA) is 47.7 Å². The Bertz CT molecular complexity index is 534. The van der Waals surface area contributed by atoms with E-state index in [-0.39, 0.29) is 0 Å². The second-order valence-electron chi connectivity index (χ2n) is 5.38. The normalized spacial score (nSPS) is 23.7. The molecule has 0 saturated heterocycles. The highest BCUT2D eigenvalue weighted by Gasteiger charge is 2.23. The van der Waals surface area contributed by atoms with E-state index in [1.54, 1.807) is 0 Å². The van der Waals surface area contributed by atoms with Crippen molar-refractivity contribution in [3.05, 3.63) is 24.9 Å². The fourth-order valence-electron chi connectivity index (χ4n) is 3.02. The average Bonchev–Trinajstić information content (AvgIpc) is 3.07. The number of nitrogens with one attached hydrogen (secondary N) is 1. The van der Waals surface area contributed by atoms with Crippen LogP contribution in [0, 0.1) is 0 Å². The molecule has 0 spiro atoms. The Morgan fingerprint density at radius 3 is 2.63 bits per heavy atom. The van der Waals surface area contributed by atoms with Crippen molar-refractivity contribution in [3.63, 3.8) is 0 Å². The summed E-state index contributed by atoms with van der Waals surface area (Å²) in [5.41, 5.74) is 2.33. The maximum Gasteiger partial charge on any atom is 0.0953 e. The summed E-state index contributed by atoms with van der Waals surface area (Å²) in [5.74, 6) is 0. The Kier molecular flexibility index (Phi) is 3.38. The SMILES string of the molecule is CNC1CCC(n2cncc2-c2cnn(C)c2)CC1. The van der Waals surface area contributed by atoms with E-state index in [0.29, 0.717) is 12.1 Å². The first kappa shape index (κ1) is 12.4. The van der Waals surface area contributed by atoms with Crippen LogP contribution in [0.25, 0.3) is 11.3 Å². The zero-order chi connectivity index (χ0) is 13.2. The molecule has 0 amide bonds. The quantitative estimate of drug-likeness (QED) is 0.917. The van der Waals surface area contributed by atoms with Crippen molar-refractivity contribution in [2.45, 2.75) is 37.8 Å². The zero-order valence-corrected chi connectivity index (χ0v) is 11.6. The van der Waals surface area contributed by atoms with Gasteiger partial charge in [0, 0.05) is 30.9 Å². The van der Waals surface area contributed by atoms with E-state index in [1.807, 2.05) is 36.6 Å². The van der Waals surface area contributed by atoms with Crippen LogP contribution in [-0.2, 0) is 7.05 Å². The standard InChI is InChI=1S/C14H21N5/c1-15-12-3-5-13(6-4-12)19-10-16-8-14(19)11-7-17-18(2)9-11/h7-10,12-13,15H,3-6H2,1-2H3. The van der Waals surface area contributed by atoms with Crippen molar-refractivity contribution in [1.29, 1.82) is 0 Å². The van der Waals surface area contributed by atoms with Crippen LogP contribution in [0.2, 0.25) is 0 Å². The molecule has 3 rings (SSSR count). The van der Waals surface area contributed by atoms with Crippen LogP contribution < -0.4 is 5.32 Å². The molecule has 1 aliphatic rings. The van der Waals surface area contributed by atoms with Gasteiger partial charge in [0.05, 0.1) is 24.4 Å². The number of aryl methyl sites for hydroxylation is 1. The summed E-state index contributed by atoms with van der Waals surface area (Å²) in [4.78, 5) is 4.33. The van der Waals surface area contributed by atoms with Gasteiger partial charge in [0.15, 0.2) is 0 Å². The monoisotopic (exact) mass is 259 g/mol. The van der Waals surface area contributed by atoms with Crippen LogP contribution in [0.4, 0.5) is 0 Å². The number of hydrogen-bond donors (Lipinski definition) is 1. The minimum absolute atomic E-state index is 0.572. The predicted octanol–water partition coefficient (Wildman–Crippen LogP) is 1.99. The minimum Gasteiger partial charge on any atom is -0.327 e. The second-order valence-corrected chi connectivity index (χ2v) is 5.38. The predicted molar refractivity (Wildman–Crippen MR) is 74.8 cm³/mol. The van der Waals surface area contributed by atoms with E-state index in [4.69, 9.17) is 0 Å². The van der Waals surface area contributed by atoms with Crippen molar-refractivity contribution in [2.75, 3.05) is 7.05 Å². The van der Waals surface area contributed by atoms with Gasteiger partial charge in [0.25, 0.3) is 0 Å². The Morgan fingerprint density at radius 1 is 1.21 bits per heavy atom. The van der Waals surface area contributed by atoms with Crippen LogP contribution >= 0.6 is 0 Å².